The number of likely N-dealkylation sites (N-methyl/N-ethyl adjacent to an activating group) is 1. The first kappa shape index (κ1) is 21.9. The minimum atomic E-state index is -0.141. The molecule has 0 bridgehead atoms. The van der Waals surface area contributed by atoms with E-state index in [0.717, 1.165) is 19.5 Å². The van der Waals surface area contributed by atoms with Crippen LogP contribution in [0.1, 0.15) is 110 Å². The van der Waals surface area contributed by atoms with Crippen molar-refractivity contribution >= 4 is 0 Å². The molecule has 0 aromatic carbocycles. The van der Waals surface area contributed by atoms with Crippen molar-refractivity contribution in [3.63, 3.8) is 0 Å². The molecule has 0 aliphatic heterocycles. The molecule has 0 heterocycles. The normalized spacial score (nSPS) is 12.7. The van der Waals surface area contributed by atoms with Gasteiger partial charge in [-0.15, -0.1) is 0 Å². The highest BCUT2D eigenvalue weighted by molar-refractivity contribution is 4.59. The molecule has 0 aliphatic carbocycles. The molecule has 0 aromatic heterocycles. The van der Waals surface area contributed by atoms with Gasteiger partial charge in [0.1, 0.15) is 0 Å². The zero-order chi connectivity index (χ0) is 16.3. The van der Waals surface area contributed by atoms with E-state index in [9.17, 15) is 5.11 Å². The Bertz CT molecular complexity index is 196. The van der Waals surface area contributed by atoms with Crippen molar-refractivity contribution in [3.8, 4) is 0 Å². The molecule has 2 N–H and O–H groups in total. The lowest BCUT2D eigenvalue weighted by Gasteiger charge is -2.10. The smallest absolute Gasteiger partial charge is 0.0664 e. The number of hydrogen-bond donors (Lipinski definition) is 2. The fraction of sp³-hybridized carbons (Fsp3) is 1.00. The third kappa shape index (κ3) is 18.0. The molecule has 0 spiro atoms. The first-order valence-corrected chi connectivity index (χ1v) is 10.2. The minimum absolute atomic E-state index is 0.141. The van der Waals surface area contributed by atoms with Gasteiger partial charge in [0.15, 0.2) is 0 Å². The van der Waals surface area contributed by atoms with Gasteiger partial charge in [-0.2, -0.15) is 0 Å². The summed E-state index contributed by atoms with van der Waals surface area (Å²) >= 11 is 0. The zero-order valence-electron chi connectivity index (χ0n) is 15.5. The topological polar surface area (TPSA) is 32.3 Å². The van der Waals surface area contributed by atoms with Crippen molar-refractivity contribution in [2.45, 2.75) is 116 Å². The van der Waals surface area contributed by atoms with Crippen molar-refractivity contribution in [2.24, 2.45) is 0 Å². The van der Waals surface area contributed by atoms with E-state index in [1.165, 1.54) is 89.9 Å². The highest BCUT2D eigenvalue weighted by Crippen LogP contribution is 2.13. The number of unbranched alkanes of at least 4 members (excludes halogenated alkanes) is 13. The quantitative estimate of drug-likeness (QED) is 0.312. The lowest BCUT2D eigenvalue weighted by atomic mass is 10.0. The maximum Gasteiger partial charge on any atom is 0.0664 e. The van der Waals surface area contributed by atoms with Crippen LogP contribution in [0.15, 0.2) is 0 Å². The highest BCUT2D eigenvalue weighted by Gasteiger charge is 2.02. The van der Waals surface area contributed by atoms with Crippen LogP contribution in [0, 0.1) is 0 Å². The van der Waals surface area contributed by atoms with Gasteiger partial charge in [-0.3, -0.25) is 0 Å². The van der Waals surface area contributed by atoms with Gasteiger partial charge in [-0.25, -0.2) is 0 Å². The van der Waals surface area contributed by atoms with E-state index in [-0.39, 0.29) is 6.10 Å². The minimum Gasteiger partial charge on any atom is -0.392 e. The Kier molecular flexibility index (Phi) is 18.9. The average molecular weight is 314 g/mol. The second kappa shape index (κ2) is 19.0. The van der Waals surface area contributed by atoms with Crippen molar-refractivity contribution < 1.29 is 5.11 Å². The summed E-state index contributed by atoms with van der Waals surface area (Å²) in [6.45, 7) is 6.08. The molecule has 0 aliphatic rings. The van der Waals surface area contributed by atoms with E-state index < -0.39 is 0 Å². The predicted octanol–water partition coefficient (Wildman–Crippen LogP) is 5.83. The third-order valence-corrected chi connectivity index (χ3v) is 4.52. The van der Waals surface area contributed by atoms with Crippen LogP contribution in [-0.4, -0.2) is 24.3 Å². The summed E-state index contributed by atoms with van der Waals surface area (Å²) in [6.07, 6.45) is 20.3. The molecule has 134 valence electrons. The number of aliphatic hydroxyl groups excluding tert-OH is 1. The molecule has 0 saturated heterocycles. The van der Waals surface area contributed by atoms with Gasteiger partial charge in [0.25, 0.3) is 0 Å². The lowest BCUT2D eigenvalue weighted by Crippen LogP contribution is -2.26. The summed E-state index contributed by atoms with van der Waals surface area (Å²) in [7, 11) is 0. The molecule has 0 amide bonds. The van der Waals surface area contributed by atoms with Gasteiger partial charge in [0.2, 0.25) is 0 Å². The van der Waals surface area contributed by atoms with Crippen LogP contribution in [0.3, 0.4) is 0 Å². The van der Waals surface area contributed by atoms with E-state index >= 15 is 0 Å². The van der Waals surface area contributed by atoms with E-state index in [1.807, 2.05) is 0 Å². The molecule has 0 rings (SSSR count). The monoisotopic (exact) mass is 313 g/mol. The fourth-order valence-corrected chi connectivity index (χ4v) is 2.99. The Morgan fingerprint density at radius 2 is 1.05 bits per heavy atom. The molecule has 0 fully saturated rings. The molecule has 0 saturated carbocycles. The third-order valence-electron chi connectivity index (χ3n) is 4.52. The Morgan fingerprint density at radius 3 is 1.45 bits per heavy atom. The van der Waals surface area contributed by atoms with E-state index in [1.54, 1.807) is 0 Å². The molecular weight excluding hydrogens is 270 g/mol. The van der Waals surface area contributed by atoms with Gasteiger partial charge in [-0.05, 0) is 13.0 Å². The maximum absolute atomic E-state index is 9.71. The van der Waals surface area contributed by atoms with Crippen LogP contribution in [0.4, 0.5) is 0 Å². The highest BCUT2D eigenvalue weighted by atomic mass is 16.3. The molecular formula is C20H43NO. The Hall–Kier alpha value is -0.0800. The Balaban J connectivity index is 3.02. The van der Waals surface area contributed by atoms with E-state index in [2.05, 4.69) is 19.2 Å². The largest absolute Gasteiger partial charge is 0.392 e. The summed E-state index contributed by atoms with van der Waals surface area (Å²) < 4.78 is 0. The van der Waals surface area contributed by atoms with Crippen LogP contribution in [0.5, 0.6) is 0 Å². The number of hydrogen-bond acceptors (Lipinski definition) is 2. The molecule has 2 nitrogen and oxygen atoms in total. The number of rotatable bonds is 18. The van der Waals surface area contributed by atoms with E-state index in [4.69, 9.17) is 0 Å². The molecule has 2 heteroatoms. The molecule has 1 unspecified atom stereocenters. The lowest BCUT2D eigenvalue weighted by molar-refractivity contribution is 0.158. The van der Waals surface area contributed by atoms with Crippen molar-refractivity contribution in [1.29, 1.82) is 0 Å². The van der Waals surface area contributed by atoms with Crippen molar-refractivity contribution in [2.75, 3.05) is 13.1 Å². The second-order valence-corrected chi connectivity index (χ2v) is 6.85. The van der Waals surface area contributed by atoms with Crippen LogP contribution in [0.2, 0.25) is 0 Å². The van der Waals surface area contributed by atoms with Gasteiger partial charge in [-0.1, -0.05) is 104 Å². The zero-order valence-corrected chi connectivity index (χ0v) is 15.5. The van der Waals surface area contributed by atoms with Gasteiger partial charge in [0, 0.05) is 6.54 Å². The summed E-state index contributed by atoms with van der Waals surface area (Å²) in [5, 5.41) is 12.9. The average Bonchev–Trinajstić information content (AvgIpc) is 2.53. The van der Waals surface area contributed by atoms with Crippen molar-refractivity contribution in [3.05, 3.63) is 0 Å². The van der Waals surface area contributed by atoms with Crippen molar-refractivity contribution in [1.82, 2.24) is 5.32 Å². The standard InChI is InChI=1S/C20H43NO/c1-3-5-6-7-8-9-10-11-12-13-14-15-16-17-18-20(22)19-21-4-2/h20-22H,3-19H2,1-2H3. The molecule has 1 atom stereocenters. The maximum atomic E-state index is 9.71. The Labute approximate surface area is 140 Å². The molecule has 0 aromatic rings. The van der Waals surface area contributed by atoms with Crippen LogP contribution in [-0.2, 0) is 0 Å². The Morgan fingerprint density at radius 1 is 0.636 bits per heavy atom. The summed E-state index contributed by atoms with van der Waals surface area (Å²) in [4.78, 5) is 0. The summed E-state index contributed by atoms with van der Waals surface area (Å²) in [6, 6.07) is 0. The number of nitrogens with one attached hydrogen (secondary N) is 1. The van der Waals surface area contributed by atoms with Crippen LogP contribution < -0.4 is 5.32 Å². The first-order chi connectivity index (χ1) is 10.8. The summed E-state index contributed by atoms with van der Waals surface area (Å²) in [5.74, 6) is 0. The van der Waals surface area contributed by atoms with Crippen LogP contribution >= 0.6 is 0 Å². The van der Waals surface area contributed by atoms with Gasteiger partial charge >= 0.3 is 0 Å². The molecule has 22 heavy (non-hydrogen) atoms. The number of aliphatic hydroxyl groups is 1. The van der Waals surface area contributed by atoms with Gasteiger partial charge in [0.05, 0.1) is 6.10 Å². The van der Waals surface area contributed by atoms with E-state index in [0.29, 0.717) is 0 Å². The van der Waals surface area contributed by atoms with Gasteiger partial charge < -0.3 is 10.4 Å². The SMILES string of the molecule is CCCCCCCCCCCCCCCCC(O)CNCC. The predicted molar refractivity (Wildman–Crippen MR) is 99.5 cm³/mol. The fourth-order valence-electron chi connectivity index (χ4n) is 2.99. The second-order valence-electron chi connectivity index (χ2n) is 6.85. The first-order valence-electron chi connectivity index (χ1n) is 10.2. The molecule has 0 radical (unpaired) electrons. The van der Waals surface area contributed by atoms with Crippen LogP contribution in [0.25, 0.3) is 0 Å². The summed E-state index contributed by atoms with van der Waals surface area (Å²) in [5.41, 5.74) is 0.